The highest BCUT2D eigenvalue weighted by molar-refractivity contribution is 7.89. The molecule has 0 aliphatic carbocycles. The number of sulfonamides is 1. The molecule has 1 rings (SSSR count). The van der Waals surface area contributed by atoms with Gasteiger partial charge in [-0.2, -0.15) is 4.31 Å². The van der Waals surface area contributed by atoms with E-state index in [2.05, 4.69) is 0 Å². The number of anilines is 1. The molecule has 0 unspecified atom stereocenters. The fourth-order valence-corrected chi connectivity index (χ4v) is 4.75. The lowest BCUT2D eigenvalue weighted by atomic mass is 10.1. The van der Waals surface area contributed by atoms with Crippen molar-refractivity contribution in [2.75, 3.05) is 12.3 Å². The van der Waals surface area contributed by atoms with Crippen LogP contribution in [-0.2, 0) is 10.0 Å². The summed E-state index contributed by atoms with van der Waals surface area (Å²) in [6, 6.07) is 1.78. The topological polar surface area (TPSA) is 63.4 Å². The summed E-state index contributed by atoms with van der Waals surface area (Å²) < 4.78 is 27.4. The van der Waals surface area contributed by atoms with Crippen molar-refractivity contribution < 1.29 is 8.42 Å². The average Bonchev–Trinajstić information content (AvgIpc) is 2.32. The first-order chi connectivity index (χ1) is 9.14. The third-order valence-electron chi connectivity index (χ3n) is 3.55. The molecule has 114 valence electrons. The Labute approximate surface area is 123 Å². The number of hydrogen-bond donors (Lipinski definition) is 1. The standard InChI is InChI=1S/C15H26N2O2S/c1-7-8-17(10(2)3)20(18,19)15-12(5)9-11(4)14(16)13(15)6/h9-10H,7-8,16H2,1-6H3. The second-order valence-corrected chi connectivity index (χ2v) is 7.42. The lowest BCUT2D eigenvalue weighted by Crippen LogP contribution is -2.38. The number of aryl methyl sites for hydroxylation is 2. The van der Waals surface area contributed by atoms with Gasteiger partial charge in [0.05, 0.1) is 4.90 Å². The molecule has 0 bridgehead atoms. The number of nitrogens with zero attached hydrogens (tertiary/aromatic N) is 1. The molecule has 0 spiro atoms. The van der Waals surface area contributed by atoms with Crippen molar-refractivity contribution in [2.24, 2.45) is 0 Å². The van der Waals surface area contributed by atoms with E-state index < -0.39 is 10.0 Å². The van der Waals surface area contributed by atoms with Gasteiger partial charge >= 0.3 is 0 Å². The predicted molar refractivity (Wildman–Crippen MR) is 84.4 cm³/mol. The van der Waals surface area contributed by atoms with Gasteiger partial charge in [0.15, 0.2) is 0 Å². The maximum atomic E-state index is 12.9. The van der Waals surface area contributed by atoms with Gasteiger partial charge in [0.2, 0.25) is 10.0 Å². The van der Waals surface area contributed by atoms with E-state index in [1.165, 1.54) is 0 Å². The van der Waals surface area contributed by atoms with Crippen molar-refractivity contribution in [3.8, 4) is 0 Å². The van der Waals surface area contributed by atoms with Gasteiger partial charge < -0.3 is 5.73 Å². The molecule has 1 aromatic carbocycles. The van der Waals surface area contributed by atoms with Crippen LogP contribution in [0.4, 0.5) is 5.69 Å². The van der Waals surface area contributed by atoms with Gasteiger partial charge in [0, 0.05) is 18.3 Å². The van der Waals surface area contributed by atoms with Crippen molar-refractivity contribution >= 4 is 15.7 Å². The normalized spacial score (nSPS) is 12.4. The van der Waals surface area contributed by atoms with Crippen LogP contribution in [0.3, 0.4) is 0 Å². The van der Waals surface area contributed by atoms with Crippen LogP contribution in [0.25, 0.3) is 0 Å². The van der Waals surface area contributed by atoms with Crippen LogP contribution in [0.2, 0.25) is 0 Å². The smallest absolute Gasteiger partial charge is 0.243 e. The highest BCUT2D eigenvalue weighted by atomic mass is 32.2. The molecule has 0 aliphatic heterocycles. The van der Waals surface area contributed by atoms with E-state index in [0.717, 1.165) is 17.5 Å². The zero-order valence-corrected chi connectivity index (χ0v) is 14.1. The number of nitrogens with two attached hydrogens (primary N) is 1. The predicted octanol–water partition coefficient (Wildman–Crippen LogP) is 3.00. The maximum absolute atomic E-state index is 12.9. The summed E-state index contributed by atoms with van der Waals surface area (Å²) in [5.74, 6) is 0. The maximum Gasteiger partial charge on any atom is 0.243 e. The highest BCUT2D eigenvalue weighted by Crippen LogP contribution is 2.31. The molecular weight excluding hydrogens is 272 g/mol. The second-order valence-electron chi connectivity index (χ2n) is 5.59. The Morgan fingerprint density at radius 1 is 1.20 bits per heavy atom. The zero-order chi connectivity index (χ0) is 15.7. The highest BCUT2D eigenvalue weighted by Gasteiger charge is 2.30. The van der Waals surface area contributed by atoms with Gasteiger partial charge in [0.1, 0.15) is 0 Å². The molecular formula is C15H26N2O2S. The first-order valence-electron chi connectivity index (χ1n) is 7.02. The molecule has 2 N–H and O–H groups in total. The van der Waals surface area contributed by atoms with Crippen molar-refractivity contribution in [1.82, 2.24) is 4.31 Å². The van der Waals surface area contributed by atoms with Crippen LogP contribution in [0.5, 0.6) is 0 Å². The van der Waals surface area contributed by atoms with Crippen LogP contribution in [0.15, 0.2) is 11.0 Å². The average molecular weight is 298 g/mol. The molecule has 4 nitrogen and oxygen atoms in total. The van der Waals surface area contributed by atoms with Gasteiger partial charge in [0.25, 0.3) is 0 Å². The fraction of sp³-hybridized carbons (Fsp3) is 0.600. The van der Waals surface area contributed by atoms with Gasteiger partial charge in [-0.1, -0.05) is 13.0 Å². The summed E-state index contributed by atoms with van der Waals surface area (Å²) in [4.78, 5) is 0.364. The molecule has 1 aromatic rings. The molecule has 0 radical (unpaired) electrons. The monoisotopic (exact) mass is 298 g/mol. The minimum Gasteiger partial charge on any atom is -0.398 e. The van der Waals surface area contributed by atoms with E-state index >= 15 is 0 Å². The molecule has 0 saturated carbocycles. The van der Waals surface area contributed by atoms with Gasteiger partial charge in [-0.15, -0.1) is 0 Å². The lowest BCUT2D eigenvalue weighted by molar-refractivity contribution is 0.353. The first-order valence-corrected chi connectivity index (χ1v) is 8.46. The van der Waals surface area contributed by atoms with E-state index in [4.69, 9.17) is 5.73 Å². The minimum absolute atomic E-state index is 0.0683. The summed E-state index contributed by atoms with van der Waals surface area (Å²) in [5, 5.41) is 0. The second kappa shape index (κ2) is 6.14. The molecule has 0 aliphatic rings. The molecule has 0 fully saturated rings. The Morgan fingerprint density at radius 2 is 1.75 bits per heavy atom. The van der Waals surface area contributed by atoms with Gasteiger partial charge in [-0.05, 0) is 57.7 Å². The summed E-state index contributed by atoms with van der Waals surface area (Å²) in [5.41, 5.74) is 8.92. The van der Waals surface area contributed by atoms with Crippen LogP contribution in [0.1, 0.15) is 43.9 Å². The largest absolute Gasteiger partial charge is 0.398 e. The zero-order valence-electron chi connectivity index (χ0n) is 13.3. The first kappa shape index (κ1) is 17.0. The molecule has 5 heteroatoms. The minimum atomic E-state index is -3.51. The van der Waals surface area contributed by atoms with E-state index in [1.54, 1.807) is 11.2 Å². The van der Waals surface area contributed by atoms with Crippen LogP contribution in [0, 0.1) is 20.8 Å². The van der Waals surface area contributed by atoms with Gasteiger partial charge in [-0.3, -0.25) is 0 Å². The quantitative estimate of drug-likeness (QED) is 0.850. The lowest BCUT2D eigenvalue weighted by Gasteiger charge is -2.27. The third kappa shape index (κ3) is 2.99. The SMILES string of the molecule is CCCN(C(C)C)S(=O)(=O)c1c(C)cc(C)c(N)c1C. The number of benzene rings is 1. The van der Waals surface area contributed by atoms with Crippen LogP contribution >= 0.6 is 0 Å². The molecule has 0 aromatic heterocycles. The Kier molecular flexibility index (Phi) is 5.21. The Morgan fingerprint density at radius 3 is 2.20 bits per heavy atom. The Balaban J connectivity index is 3.54. The number of nitrogen functional groups attached to an aromatic ring is 1. The van der Waals surface area contributed by atoms with Crippen molar-refractivity contribution in [1.29, 1.82) is 0 Å². The summed E-state index contributed by atoms with van der Waals surface area (Å²) >= 11 is 0. The van der Waals surface area contributed by atoms with E-state index in [0.29, 0.717) is 22.7 Å². The van der Waals surface area contributed by atoms with Crippen molar-refractivity contribution in [3.05, 3.63) is 22.8 Å². The van der Waals surface area contributed by atoms with Gasteiger partial charge in [-0.25, -0.2) is 8.42 Å². The number of rotatable bonds is 5. The van der Waals surface area contributed by atoms with E-state index in [-0.39, 0.29) is 6.04 Å². The van der Waals surface area contributed by atoms with Crippen LogP contribution in [-0.4, -0.2) is 25.3 Å². The fourth-order valence-electron chi connectivity index (χ4n) is 2.57. The molecule has 0 atom stereocenters. The summed E-state index contributed by atoms with van der Waals surface area (Å²) in [6.07, 6.45) is 0.789. The van der Waals surface area contributed by atoms with Crippen LogP contribution < -0.4 is 5.73 Å². The molecule has 20 heavy (non-hydrogen) atoms. The molecule has 0 heterocycles. The Bertz CT molecular complexity index is 592. The Hall–Kier alpha value is -1.07. The van der Waals surface area contributed by atoms with Crippen molar-refractivity contribution in [3.63, 3.8) is 0 Å². The molecule has 0 amide bonds. The molecule has 0 saturated heterocycles. The van der Waals surface area contributed by atoms with E-state index in [1.807, 2.05) is 40.7 Å². The summed E-state index contributed by atoms with van der Waals surface area (Å²) in [7, 11) is -3.51. The van der Waals surface area contributed by atoms with E-state index in [9.17, 15) is 8.42 Å². The van der Waals surface area contributed by atoms with Crippen molar-refractivity contribution in [2.45, 2.75) is 58.9 Å². The summed E-state index contributed by atoms with van der Waals surface area (Å²) in [6.45, 7) is 11.8. The third-order valence-corrected chi connectivity index (χ3v) is 5.91. The number of hydrogen-bond acceptors (Lipinski definition) is 3.